The van der Waals surface area contributed by atoms with Gasteiger partial charge in [-0.2, -0.15) is 0 Å². The van der Waals surface area contributed by atoms with Crippen LogP contribution in [0.5, 0.6) is 5.75 Å². The van der Waals surface area contributed by atoms with E-state index in [9.17, 15) is 8.42 Å². The van der Waals surface area contributed by atoms with Crippen molar-refractivity contribution in [1.82, 2.24) is 4.98 Å². The lowest BCUT2D eigenvalue weighted by molar-refractivity contribution is 0.402. The largest absolute Gasteiger partial charge is 0.495 e. The van der Waals surface area contributed by atoms with Crippen LogP contribution in [0.1, 0.15) is 19.4 Å². The number of pyridine rings is 1. The monoisotopic (exact) mass is 412 g/mol. The summed E-state index contributed by atoms with van der Waals surface area (Å²) in [4.78, 5) is 6.66. The van der Waals surface area contributed by atoms with Crippen molar-refractivity contribution in [3.8, 4) is 5.75 Å². The van der Waals surface area contributed by atoms with E-state index >= 15 is 0 Å². The number of nitrogens with zero attached hydrogens (tertiary/aromatic N) is 2. The maximum Gasteiger partial charge on any atom is 0.186 e. The molecule has 2 aromatic rings. The molecule has 7 heteroatoms. The highest BCUT2D eigenvalue weighted by Crippen LogP contribution is 2.29. The van der Waals surface area contributed by atoms with Crippen LogP contribution in [0.15, 0.2) is 45.9 Å². The number of ether oxygens (including phenoxy) is 1. The third-order valence-corrected chi connectivity index (χ3v) is 5.91. The second-order valence-electron chi connectivity index (χ2n) is 5.25. The van der Waals surface area contributed by atoms with Crippen molar-refractivity contribution in [2.75, 3.05) is 25.1 Å². The van der Waals surface area contributed by atoms with E-state index in [1.165, 1.54) is 7.11 Å². The number of sulfone groups is 1. The first kappa shape index (κ1) is 18.7. The fourth-order valence-corrected chi connectivity index (χ4v) is 4.47. The normalized spacial score (nSPS) is 11.3. The number of methoxy groups -OCH3 is 1. The van der Waals surface area contributed by atoms with Gasteiger partial charge in [0.15, 0.2) is 9.84 Å². The average Bonchev–Trinajstić information content (AvgIpc) is 2.57. The molecular formula is C17H21BrN2O3S. The SMILES string of the molecule is CCN(CC)c1ccc(CS(=O)(=O)c2cc(Br)ccc2OC)cn1. The van der Waals surface area contributed by atoms with Gasteiger partial charge in [-0.1, -0.05) is 22.0 Å². The molecule has 0 radical (unpaired) electrons. The van der Waals surface area contributed by atoms with Gasteiger partial charge >= 0.3 is 0 Å². The summed E-state index contributed by atoms with van der Waals surface area (Å²) in [6.45, 7) is 5.83. The van der Waals surface area contributed by atoms with Crippen LogP contribution in [0, 0.1) is 0 Å². The molecule has 0 aliphatic rings. The highest BCUT2D eigenvalue weighted by atomic mass is 79.9. The van der Waals surface area contributed by atoms with Crippen molar-refractivity contribution in [3.05, 3.63) is 46.6 Å². The van der Waals surface area contributed by atoms with Crippen molar-refractivity contribution < 1.29 is 13.2 Å². The highest BCUT2D eigenvalue weighted by molar-refractivity contribution is 9.10. The van der Waals surface area contributed by atoms with Gasteiger partial charge in [-0.3, -0.25) is 0 Å². The lowest BCUT2D eigenvalue weighted by Crippen LogP contribution is -2.22. The Labute approximate surface area is 151 Å². The second-order valence-corrected chi connectivity index (χ2v) is 8.12. The topological polar surface area (TPSA) is 59.5 Å². The molecule has 1 aromatic heterocycles. The van der Waals surface area contributed by atoms with Crippen LogP contribution < -0.4 is 9.64 Å². The lowest BCUT2D eigenvalue weighted by atomic mass is 10.3. The predicted molar refractivity (Wildman–Crippen MR) is 99.4 cm³/mol. The summed E-state index contributed by atoms with van der Waals surface area (Å²) in [7, 11) is -2.07. The van der Waals surface area contributed by atoms with Crippen molar-refractivity contribution in [2.24, 2.45) is 0 Å². The van der Waals surface area contributed by atoms with Crippen LogP contribution in [-0.4, -0.2) is 33.6 Å². The Hall–Kier alpha value is -1.60. The lowest BCUT2D eigenvalue weighted by Gasteiger charge is -2.19. The predicted octanol–water partition coefficient (Wildman–Crippen LogP) is 3.67. The fourth-order valence-electron chi connectivity index (χ4n) is 2.43. The molecule has 0 bridgehead atoms. The summed E-state index contributed by atoms with van der Waals surface area (Å²) in [5, 5.41) is 0. The summed E-state index contributed by atoms with van der Waals surface area (Å²) in [6, 6.07) is 8.61. The smallest absolute Gasteiger partial charge is 0.186 e. The molecule has 0 N–H and O–H groups in total. The minimum atomic E-state index is -3.53. The van der Waals surface area contributed by atoms with Crippen LogP contribution >= 0.6 is 15.9 Å². The summed E-state index contributed by atoms with van der Waals surface area (Å²) < 4.78 is 31.3. The number of anilines is 1. The Balaban J connectivity index is 2.28. The van der Waals surface area contributed by atoms with E-state index < -0.39 is 9.84 Å². The van der Waals surface area contributed by atoms with Gasteiger partial charge in [0.2, 0.25) is 0 Å². The zero-order chi connectivity index (χ0) is 17.7. The number of aromatic nitrogens is 1. The molecule has 0 unspecified atom stereocenters. The molecular weight excluding hydrogens is 392 g/mol. The molecule has 2 rings (SSSR count). The molecule has 0 amide bonds. The Bertz CT molecular complexity index is 788. The molecule has 5 nitrogen and oxygen atoms in total. The van der Waals surface area contributed by atoms with Gasteiger partial charge in [0.25, 0.3) is 0 Å². The molecule has 0 spiro atoms. The van der Waals surface area contributed by atoms with Crippen LogP contribution in [0.2, 0.25) is 0 Å². The molecule has 0 saturated heterocycles. The summed E-state index contributed by atoms with van der Waals surface area (Å²) in [5.74, 6) is 1.07. The van der Waals surface area contributed by atoms with Gasteiger partial charge in [-0.05, 0) is 43.7 Å². The zero-order valence-electron chi connectivity index (χ0n) is 14.0. The Morgan fingerprint density at radius 2 is 1.88 bits per heavy atom. The highest BCUT2D eigenvalue weighted by Gasteiger charge is 2.21. The van der Waals surface area contributed by atoms with Crippen molar-refractivity contribution in [1.29, 1.82) is 0 Å². The van der Waals surface area contributed by atoms with Crippen LogP contribution in [0.4, 0.5) is 5.82 Å². The van der Waals surface area contributed by atoms with E-state index in [2.05, 4.69) is 39.7 Å². The van der Waals surface area contributed by atoms with E-state index in [0.29, 0.717) is 15.8 Å². The van der Waals surface area contributed by atoms with E-state index in [1.807, 2.05) is 12.1 Å². The van der Waals surface area contributed by atoms with Crippen molar-refractivity contribution in [2.45, 2.75) is 24.5 Å². The Morgan fingerprint density at radius 3 is 2.42 bits per heavy atom. The summed E-state index contributed by atoms with van der Waals surface area (Å²) >= 11 is 3.31. The molecule has 0 fully saturated rings. The van der Waals surface area contributed by atoms with E-state index in [-0.39, 0.29) is 10.6 Å². The van der Waals surface area contributed by atoms with Crippen molar-refractivity contribution >= 4 is 31.6 Å². The number of halogens is 1. The maximum atomic E-state index is 12.7. The standard InChI is InChI=1S/C17H21BrN2O3S/c1-4-20(5-2)17-9-6-13(11-19-17)12-24(21,22)16-10-14(18)7-8-15(16)23-3/h6-11H,4-5,12H2,1-3H3. The quantitative estimate of drug-likeness (QED) is 0.693. The first-order valence-corrected chi connectivity index (χ1v) is 10.1. The minimum absolute atomic E-state index is 0.120. The maximum absolute atomic E-state index is 12.7. The van der Waals surface area contributed by atoms with Crippen molar-refractivity contribution in [3.63, 3.8) is 0 Å². The molecule has 0 aliphatic heterocycles. The number of benzene rings is 1. The molecule has 130 valence electrons. The molecule has 1 aromatic carbocycles. The Morgan fingerprint density at radius 1 is 1.17 bits per heavy atom. The molecule has 1 heterocycles. The molecule has 0 saturated carbocycles. The first-order valence-electron chi connectivity index (χ1n) is 7.67. The second kappa shape index (κ2) is 7.98. The van der Waals surface area contributed by atoms with Crippen LogP contribution in [-0.2, 0) is 15.6 Å². The average molecular weight is 413 g/mol. The zero-order valence-corrected chi connectivity index (χ0v) is 16.4. The van der Waals surface area contributed by atoms with E-state index in [4.69, 9.17) is 4.74 Å². The van der Waals surface area contributed by atoms with Crippen LogP contribution in [0.25, 0.3) is 0 Å². The third kappa shape index (κ3) is 4.27. The van der Waals surface area contributed by atoms with Gasteiger partial charge in [-0.25, -0.2) is 13.4 Å². The fraction of sp³-hybridized carbons (Fsp3) is 0.353. The molecule has 0 atom stereocenters. The number of hydrogen-bond donors (Lipinski definition) is 0. The van der Waals surface area contributed by atoms with Gasteiger partial charge in [0.05, 0.1) is 12.9 Å². The Kier molecular flexibility index (Phi) is 6.23. The number of rotatable bonds is 7. The van der Waals surface area contributed by atoms with Gasteiger partial charge in [0, 0.05) is 23.8 Å². The summed E-state index contributed by atoms with van der Waals surface area (Å²) in [6.07, 6.45) is 1.62. The first-order chi connectivity index (χ1) is 11.4. The van der Waals surface area contributed by atoms with Gasteiger partial charge in [-0.15, -0.1) is 0 Å². The van der Waals surface area contributed by atoms with E-state index in [0.717, 1.165) is 18.9 Å². The van der Waals surface area contributed by atoms with Gasteiger partial charge in [0.1, 0.15) is 16.5 Å². The molecule has 0 aliphatic carbocycles. The molecule has 24 heavy (non-hydrogen) atoms. The van der Waals surface area contributed by atoms with E-state index in [1.54, 1.807) is 24.4 Å². The third-order valence-electron chi connectivity index (χ3n) is 3.71. The van der Waals surface area contributed by atoms with Crippen LogP contribution in [0.3, 0.4) is 0 Å². The summed E-state index contributed by atoms with van der Waals surface area (Å²) in [5.41, 5.74) is 0.646. The number of hydrogen-bond acceptors (Lipinski definition) is 5. The minimum Gasteiger partial charge on any atom is -0.495 e. The van der Waals surface area contributed by atoms with Gasteiger partial charge < -0.3 is 9.64 Å².